The first-order valence-electron chi connectivity index (χ1n) is 11.0. The molecule has 0 spiro atoms. The van der Waals surface area contributed by atoms with Crippen LogP contribution < -0.4 is 27.4 Å². The molecule has 0 aliphatic heterocycles. The van der Waals surface area contributed by atoms with E-state index in [2.05, 4.69) is 16.0 Å². The predicted molar refractivity (Wildman–Crippen MR) is 122 cm³/mol. The van der Waals surface area contributed by atoms with Gasteiger partial charge in [0.25, 0.3) is 0 Å². The quantitative estimate of drug-likeness (QED) is 0.140. The SMILES string of the molecule is NCCCC[C@@H](N)C(=O)NCC(=O)N[C@@H](Cc1ccccc1)C(=O)N[C@@H](CCC(=O)O)C(=O)O. The number of unbranched alkanes of at least 4 members (excludes halogenated alkanes) is 1. The molecule has 0 bridgehead atoms. The fourth-order valence-corrected chi connectivity index (χ4v) is 3.04. The molecule has 9 N–H and O–H groups in total. The molecule has 0 heterocycles. The summed E-state index contributed by atoms with van der Waals surface area (Å²) in [6.07, 6.45) is 1.09. The van der Waals surface area contributed by atoms with Gasteiger partial charge >= 0.3 is 11.9 Å². The van der Waals surface area contributed by atoms with Gasteiger partial charge in [-0.1, -0.05) is 36.8 Å². The monoisotopic (exact) mass is 479 g/mol. The van der Waals surface area contributed by atoms with Gasteiger partial charge in [0.2, 0.25) is 17.7 Å². The molecule has 3 atom stereocenters. The Hall–Kier alpha value is -3.51. The lowest BCUT2D eigenvalue weighted by Gasteiger charge is -2.22. The molecule has 0 aliphatic carbocycles. The largest absolute Gasteiger partial charge is 0.481 e. The van der Waals surface area contributed by atoms with E-state index in [0.717, 1.165) is 6.42 Å². The molecule has 0 fully saturated rings. The number of hydrogen-bond donors (Lipinski definition) is 7. The van der Waals surface area contributed by atoms with Gasteiger partial charge in [0.1, 0.15) is 12.1 Å². The standard InChI is InChI=1S/C22H33N5O7/c23-11-5-4-8-15(24)20(31)25-13-18(28)26-17(12-14-6-2-1-3-7-14)21(32)27-16(22(33)34)9-10-19(29)30/h1-3,6-7,15-17H,4-5,8-13,23-24H2,(H,25,31)(H,26,28)(H,27,32)(H,29,30)(H,33,34)/t15-,16+,17+/m1/s1. The Kier molecular flexibility index (Phi) is 12.9. The van der Waals surface area contributed by atoms with Crippen LogP contribution in [0.5, 0.6) is 0 Å². The van der Waals surface area contributed by atoms with E-state index < -0.39 is 60.8 Å². The summed E-state index contributed by atoms with van der Waals surface area (Å²) < 4.78 is 0. The lowest BCUT2D eigenvalue weighted by Crippen LogP contribution is -2.54. The maximum atomic E-state index is 12.8. The topological polar surface area (TPSA) is 214 Å². The van der Waals surface area contributed by atoms with Crippen molar-refractivity contribution in [1.82, 2.24) is 16.0 Å². The highest BCUT2D eigenvalue weighted by Crippen LogP contribution is 2.06. The van der Waals surface area contributed by atoms with Crippen LogP contribution in [-0.2, 0) is 30.4 Å². The number of amides is 3. The summed E-state index contributed by atoms with van der Waals surface area (Å²) >= 11 is 0. The van der Waals surface area contributed by atoms with E-state index in [9.17, 15) is 29.1 Å². The van der Waals surface area contributed by atoms with Gasteiger partial charge in [-0.25, -0.2) is 4.79 Å². The van der Waals surface area contributed by atoms with E-state index in [0.29, 0.717) is 24.9 Å². The third-order valence-corrected chi connectivity index (χ3v) is 4.93. The van der Waals surface area contributed by atoms with E-state index in [1.165, 1.54) is 0 Å². The third kappa shape index (κ3) is 11.4. The molecule has 0 radical (unpaired) electrons. The minimum atomic E-state index is -1.44. The molecule has 12 heteroatoms. The van der Waals surface area contributed by atoms with Crippen molar-refractivity contribution in [2.75, 3.05) is 13.1 Å². The van der Waals surface area contributed by atoms with Crippen LogP contribution in [0.4, 0.5) is 0 Å². The number of carbonyl (C=O) groups excluding carboxylic acids is 3. The molecule has 188 valence electrons. The molecule has 12 nitrogen and oxygen atoms in total. The number of rotatable bonds is 16. The molecule has 0 unspecified atom stereocenters. The summed E-state index contributed by atoms with van der Waals surface area (Å²) in [7, 11) is 0. The normalized spacial score (nSPS) is 13.2. The molecule has 1 rings (SSSR count). The molecule has 1 aromatic rings. The van der Waals surface area contributed by atoms with Crippen LogP contribution in [0, 0.1) is 0 Å². The van der Waals surface area contributed by atoms with E-state index in [-0.39, 0.29) is 12.8 Å². The number of carboxylic acid groups (broad SMARTS) is 2. The number of hydrogen-bond acceptors (Lipinski definition) is 7. The summed E-state index contributed by atoms with van der Waals surface area (Å²) in [5.41, 5.74) is 11.9. The lowest BCUT2D eigenvalue weighted by molar-refractivity contribution is -0.143. The van der Waals surface area contributed by atoms with Gasteiger partial charge in [0.05, 0.1) is 12.6 Å². The number of benzene rings is 1. The smallest absolute Gasteiger partial charge is 0.326 e. The van der Waals surface area contributed by atoms with E-state index in [1.54, 1.807) is 30.3 Å². The number of nitrogens with two attached hydrogens (primary N) is 2. The van der Waals surface area contributed by atoms with Crippen molar-refractivity contribution in [3.05, 3.63) is 35.9 Å². The summed E-state index contributed by atoms with van der Waals surface area (Å²) in [6.45, 7) is 0.0595. The average Bonchev–Trinajstić information content (AvgIpc) is 2.80. The zero-order valence-electron chi connectivity index (χ0n) is 18.9. The van der Waals surface area contributed by atoms with E-state index in [4.69, 9.17) is 16.6 Å². The first kappa shape index (κ1) is 28.5. The van der Waals surface area contributed by atoms with Crippen LogP contribution in [-0.4, -0.2) is 71.1 Å². The molecule has 0 aliphatic rings. The van der Waals surface area contributed by atoms with Gasteiger partial charge in [-0.15, -0.1) is 0 Å². The van der Waals surface area contributed by atoms with Crippen LogP contribution in [0.2, 0.25) is 0 Å². The minimum absolute atomic E-state index is 0.0518. The van der Waals surface area contributed by atoms with Crippen LogP contribution in [0.15, 0.2) is 30.3 Å². The molecular weight excluding hydrogens is 446 g/mol. The van der Waals surface area contributed by atoms with Gasteiger partial charge in [0, 0.05) is 12.8 Å². The number of nitrogens with one attached hydrogen (secondary N) is 3. The van der Waals surface area contributed by atoms with Crippen LogP contribution in [0.3, 0.4) is 0 Å². The number of aliphatic carboxylic acids is 2. The fraction of sp³-hybridized carbons (Fsp3) is 0.500. The second kappa shape index (κ2) is 15.3. The van der Waals surface area contributed by atoms with Gasteiger partial charge in [0.15, 0.2) is 0 Å². The molecule has 34 heavy (non-hydrogen) atoms. The first-order valence-corrected chi connectivity index (χ1v) is 11.0. The maximum absolute atomic E-state index is 12.8. The van der Waals surface area contributed by atoms with Crippen molar-refractivity contribution in [3.8, 4) is 0 Å². The van der Waals surface area contributed by atoms with Gasteiger partial charge < -0.3 is 37.6 Å². The Labute approximate surface area is 197 Å². The second-order valence-corrected chi connectivity index (χ2v) is 7.75. The molecule has 3 amide bonds. The minimum Gasteiger partial charge on any atom is -0.481 e. The fourth-order valence-electron chi connectivity index (χ4n) is 3.04. The van der Waals surface area contributed by atoms with E-state index >= 15 is 0 Å². The zero-order chi connectivity index (χ0) is 25.5. The molecule has 0 saturated carbocycles. The Morgan fingerprint density at radius 3 is 2.15 bits per heavy atom. The zero-order valence-corrected chi connectivity index (χ0v) is 18.9. The van der Waals surface area contributed by atoms with Crippen molar-refractivity contribution >= 4 is 29.7 Å². The van der Waals surface area contributed by atoms with Gasteiger partial charge in [-0.05, 0) is 31.4 Å². The highest BCUT2D eigenvalue weighted by atomic mass is 16.4. The maximum Gasteiger partial charge on any atom is 0.326 e. The first-order chi connectivity index (χ1) is 16.1. The predicted octanol–water partition coefficient (Wildman–Crippen LogP) is -1.28. The van der Waals surface area contributed by atoms with Crippen LogP contribution in [0.25, 0.3) is 0 Å². The summed E-state index contributed by atoms with van der Waals surface area (Å²) in [5.74, 6) is -4.58. The van der Waals surface area contributed by atoms with Crippen molar-refractivity contribution < 1.29 is 34.2 Å². The highest BCUT2D eigenvalue weighted by Gasteiger charge is 2.27. The average molecular weight is 480 g/mol. The summed E-state index contributed by atoms with van der Waals surface area (Å²) in [4.78, 5) is 59.4. The Bertz CT molecular complexity index is 834. The molecule has 1 aromatic carbocycles. The van der Waals surface area contributed by atoms with Crippen LogP contribution in [0.1, 0.15) is 37.7 Å². The van der Waals surface area contributed by atoms with Gasteiger partial charge in [-0.2, -0.15) is 0 Å². The third-order valence-electron chi connectivity index (χ3n) is 4.93. The van der Waals surface area contributed by atoms with Crippen LogP contribution >= 0.6 is 0 Å². The van der Waals surface area contributed by atoms with E-state index in [1.807, 2.05) is 0 Å². The summed E-state index contributed by atoms with van der Waals surface area (Å²) in [5, 5.41) is 25.3. The Morgan fingerprint density at radius 1 is 0.882 bits per heavy atom. The molecular formula is C22H33N5O7. The second-order valence-electron chi connectivity index (χ2n) is 7.75. The van der Waals surface area contributed by atoms with Crippen molar-refractivity contribution in [2.24, 2.45) is 11.5 Å². The highest BCUT2D eigenvalue weighted by molar-refractivity contribution is 5.92. The van der Waals surface area contributed by atoms with Crippen molar-refractivity contribution in [1.29, 1.82) is 0 Å². The summed E-state index contributed by atoms with van der Waals surface area (Å²) in [6, 6.07) is 5.32. The Morgan fingerprint density at radius 2 is 1.56 bits per heavy atom. The van der Waals surface area contributed by atoms with Gasteiger partial charge in [-0.3, -0.25) is 19.2 Å². The Balaban J connectivity index is 2.78. The number of carboxylic acids is 2. The molecule has 0 aromatic heterocycles. The lowest BCUT2D eigenvalue weighted by atomic mass is 10.0. The van der Waals surface area contributed by atoms with Crippen molar-refractivity contribution in [3.63, 3.8) is 0 Å². The van der Waals surface area contributed by atoms with Crippen molar-refractivity contribution in [2.45, 2.75) is 56.7 Å². The number of carbonyl (C=O) groups is 5. The molecule has 0 saturated heterocycles.